The maximum atomic E-state index is 12.4. The van der Waals surface area contributed by atoms with Crippen LogP contribution in [0.1, 0.15) is 18.9 Å². The van der Waals surface area contributed by atoms with Crippen molar-refractivity contribution in [1.82, 2.24) is 15.2 Å². The van der Waals surface area contributed by atoms with E-state index in [9.17, 15) is 4.79 Å². The number of nitrogens with zero attached hydrogens (tertiary/aromatic N) is 3. The normalized spacial score (nSPS) is 11.1. The fraction of sp³-hybridized carbons (Fsp3) is 0.167. The van der Waals surface area contributed by atoms with Crippen LogP contribution in [0.15, 0.2) is 77.0 Å². The lowest BCUT2D eigenvalue weighted by Gasteiger charge is -2.08. The molecule has 0 spiro atoms. The Morgan fingerprint density at radius 3 is 2.79 bits per heavy atom. The molecule has 0 unspecified atom stereocenters. The molecule has 0 saturated carbocycles. The minimum absolute atomic E-state index is 0.0484. The number of hydrogen-bond acceptors (Lipinski definition) is 7. The van der Waals surface area contributed by atoms with Crippen LogP contribution in [0, 0.1) is 0 Å². The van der Waals surface area contributed by atoms with E-state index in [1.165, 1.54) is 11.8 Å². The zero-order chi connectivity index (χ0) is 22.9. The van der Waals surface area contributed by atoms with Gasteiger partial charge in [0, 0.05) is 23.2 Å². The van der Waals surface area contributed by atoms with Crippen molar-refractivity contribution in [1.29, 1.82) is 0 Å². The highest BCUT2D eigenvalue weighted by molar-refractivity contribution is 7.99. The first kappa shape index (κ1) is 22.3. The molecule has 1 aromatic heterocycles. The highest BCUT2D eigenvalue weighted by atomic mass is 32.2. The maximum Gasteiger partial charge on any atom is 0.240 e. The molecule has 0 bridgehead atoms. The molecule has 9 heteroatoms. The van der Waals surface area contributed by atoms with Gasteiger partial charge in [-0.2, -0.15) is 10.1 Å². The minimum atomic E-state index is -0.0484. The first-order valence-electron chi connectivity index (χ1n) is 10.6. The number of carbonyl (C=O) groups is 1. The lowest BCUT2D eigenvalue weighted by Crippen LogP contribution is -2.12. The second-order valence-electron chi connectivity index (χ2n) is 7.01. The molecular formula is C24H24N6O2S. The number of aromatic nitrogens is 3. The van der Waals surface area contributed by atoms with Crippen LogP contribution < -0.4 is 15.5 Å². The molecule has 3 aromatic carbocycles. The van der Waals surface area contributed by atoms with E-state index in [1.807, 2.05) is 73.7 Å². The molecule has 0 atom stereocenters. The van der Waals surface area contributed by atoms with Gasteiger partial charge in [-0.1, -0.05) is 48.2 Å². The predicted octanol–water partition coefficient (Wildman–Crippen LogP) is 4.92. The molecule has 0 radical (unpaired) electrons. The number of amides is 1. The first-order chi connectivity index (χ1) is 16.2. The van der Waals surface area contributed by atoms with Crippen LogP contribution in [0.4, 0.5) is 11.6 Å². The van der Waals surface area contributed by atoms with E-state index in [4.69, 9.17) is 4.74 Å². The molecule has 4 aromatic rings. The summed E-state index contributed by atoms with van der Waals surface area (Å²) in [4.78, 5) is 16.7. The monoisotopic (exact) mass is 460 g/mol. The number of ether oxygens (including phenoxy) is 1. The Balaban J connectivity index is 1.22. The third kappa shape index (κ3) is 6.33. The van der Waals surface area contributed by atoms with Crippen LogP contribution in [0.5, 0.6) is 5.75 Å². The highest BCUT2D eigenvalue weighted by Crippen LogP contribution is 2.23. The Kier molecular flexibility index (Phi) is 7.55. The second kappa shape index (κ2) is 11.1. The molecule has 168 valence electrons. The smallest absolute Gasteiger partial charge is 0.240 e. The van der Waals surface area contributed by atoms with Crippen molar-refractivity contribution in [2.24, 2.45) is 5.10 Å². The molecule has 0 aliphatic rings. The lowest BCUT2D eigenvalue weighted by atomic mass is 10.1. The fourth-order valence-corrected chi connectivity index (χ4v) is 3.86. The molecule has 0 aliphatic heterocycles. The van der Waals surface area contributed by atoms with Gasteiger partial charge < -0.3 is 10.1 Å². The quantitative estimate of drug-likeness (QED) is 0.176. The Hall–Kier alpha value is -3.85. The van der Waals surface area contributed by atoms with Crippen LogP contribution >= 0.6 is 11.8 Å². The van der Waals surface area contributed by atoms with E-state index in [2.05, 4.69) is 31.0 Å². The van der Waals surface area contributed by atoms with E-state index in [-0.39, 0.29) is 5.91 Å². The number of thioether (sulfide) groups is 1. The summed E-state index contributed by atoms with van der Waals surface area (Å²) in [6.45, 7) is 2.58. The number of nitrogens with one attached hydrogen (secondary N) is 3. The van der Waals surface area contributed by atoms with Crippen molar-refractivity contribution in [3.05, 3.63) is 72.3 Å². The summed E-state index contributed by atoms with van der Waals surface area (Å²) < 4.78 is 5.42. The number of anilines is 2. The molecule has 8 nitrogen and oxygen atoms in total. The molecular weight excluding hydrogens is 436 g/mol. The summed E-state index contributed by atoms with van der Waals surface area (Å²) in [6.07, 6.45) is 2.03. The van der Waals surface area contributed by atoms with E-state index in [0.717, 1.165) is 27.8 Å². The summed E-state index contributed by atoms with van der Waals surface area (Å²) >= 11 is 1.40. The van der Waals surface area contributed by atoms with Crippen molar-refractivity contribution in [2.75, 3.05) is 23.1 Å². The molecule has 1 heterocycles. The summed E-state index contributed by atoms with van der Waals surface area (Å²) in [5, 5.41) is 16.7. The van der Waals surface area contributed by atoms with E-state index in [1.54, 1.807) is 6.21 Å². The number of aromatic amines is 1. The number of benzene rings is 3. The van der Waals surface area contributed by atoms with Gasteiger partial charge in [-0.05, 0) is 48.2 Å². The van der Waals surface area contributed by atoms with Crippen LogP contribution in [-0.4, -0.2) is 39.7 Å². The topological polar surface area (TPSA) is 104 Å². The van der Waals surface area contributed by atoms with Crippen LogP contribution in [0.2, 0.25) is 0 Å². The number of hydrazone groups is 1. The van der Waals surface area contributed by atoms with Gasteiger partial charge >= 0.3 is 0 Å². The average Bonchev–Trinajstić information content (AvgIpc) is 3.28. The number of fused-ring (bicyclic) bond motifs is 1. The molecule has 4 rings (SSSR count). The molecule has 33 heavy (non-hydrogen) atoms. The summed E-state index contributed by atoms with van der Waals surface area (Å²) in [7, 11) is 0. The maximum absolute atomic E-state index is 12.4. The number of carbonyl (C=O) groups excluding carboxylic acids is 1. The summed E-state index contributed by atoms with van der Waals surface area (Å²) in [5.74, 6) is 1.77. The molecule has 1 amide bonds. The number of H-pyrrole nitrogens is 1. The Bertz CT molecular complexity index is 1230. The van der Waals surface area contributed by atoms with Gasteiger partial charge in [0.15, 0.2) is 0 Å². The molecule has 0 fully saturated rings. The first-order valence-corrected chi connectivity index (χ1v) is 11.5. The fourth-order valence-electron chi connectivity index (χ4n) is 3.13. The standard InChI is InChI=1S/C24H24N6O2S/c1-2-32-19-12-10-17(11-13-19)16-25-28-23-27-24(30-29-23)33-15-14-22(31)26-21-9-5-7-18-6-3-4-8-20(18)21/h3-13,16H,2,14-15H2,1H3,(H,26,31)(H2,27,28,29,30)/b25-16+. The zero-order valence-corrected chi connectivity index (χ0v) is 18.9. The SMILES string of the molecule is CCOc1ccc(/C=N/Nc2nc(SCCC(=O)Nc3cccc4ccccc34)n[nH]2)cc1. The largest absolute Gasteiger partial charge is 0.494 e. The lowest BCUT2D eigenvalue weighted by molar-refractivity contribution is -0.115. The van der Waals surface area contributed by atoms with E-state index < -0.39 is 0 Å². The van der Waals surface area contributed by atoms with Gasteiger partial charge in [-0.25, -0.2) is 10.5 Å². The molecule has 0 saturated heterocycles. The minimum Gasteiger partial charge on any atom is -0.494 e. The van der Waals surface area contributed by atoms with Crippen molar-refractivity contribution in [3.63, 3.8) is 0 Å². The van der Waals surface area contributed by atoms with Crippen LogP contribution in [-0.2, 0) is 4.79 Å². The number of hydrogen-bond donors (Lipinski definition) is 3. The van der Waals surface area contributed by atoms with Gasteiger partial charge in [0.05, 0.1) is 12.8 Å². The van der Waals surface area contributed by atoms with Crippen molar-refractivity contribution in [3.8, 4) is 5.75 Å². The summed E-state index contributed by atoms with van der Waals surface area (Å²) in [6, 6.07) is 21.5. The molecule has 3 N–H and O–H groups in total. The van der Waals surface area contributed by atoms with Gasteiger partial charge in [-0.3, -0.25) is 4.79 Å². The highest BCUT2D eigenvalue weighted by Gasteiger charge is 2.08. The van der Waals surface area contributed by atoms with Crippen molar-refractivity contribution < 1.29 is 9.53 Å². The van der Waals surface area contributed by atoms with Gasteiger partial charge in [0.25, 0.3) is 0 Å². The average molecular weight is 461 g/mol. The van der Waals surface area contributed by atoms with E-state index in [0.29, 0.717) is 29.9 Å². The van der Waals surface area contributed by atoms with Gasteiger partial charge in [0.2, 0.25) is 17.0 Å². The Morgan fingerprint density at radius 2 is 1.94 bits per heavy atom. The van der Waals surface area contributed by atoms with Crippen LogP contribution in [0.25, 0.3) is 10.8 Å². The Labute approximate surface area is 195 Å². The second-order valence-corrected chi connectivity index (χ2v) is 8.07. The molecule has 0 aliphatic carbocycles. The number of rotatable bonds is 10. The zero-order valence-electron chi connectivity index (χ0n) is 18.1. The predicted molar refractivity (Wildman–Crippen MR) is 133 cm³/mol. The van der Waals surface area contributed by atoms with E-state index >= 15 is 0 Å². The van der Waals surface area contributed by atoms with Crippen LogP contribution in [0.3, 0.4) is 0 Å². The summed E-state index contributed by atoms with van der Waals surface area (Å²) in [5.41, 5.74) is 4.56. The third-order valence-corrected chi connectivity index (χ3v) is 5.51. The third-order valence-electron chi connectivity index (χ3n) is 4.66. The van der Waals surface area contributed by atoms with Crippen molar-refractivity contribution >= 4 is 46.3 Å². The van der Waals surface area contributed by atoms with Gasteiger partial charge in [0.1, 0.15) is 5.75 Å². The Morgan fingerprint density at radius 1 is 1.12 bits per heavy atom. The van der Waals surface area contributed by atoms with Gasteiger partial charge in [-0.15, -0.1) is 5.10 Å². The van der Waals surface area contributed by atoms with Crippen molar-refractivity contribution in [2.45, 2.75) is 18.5 Å².